The van der Waals surface area contributed by atoms with Gasteiger partial charge in [-0.25, -0.2) is 8.78 Å². The van der Waals surface area contributed by atoms with E-state index in [1.54, 1.807) is 0 Å². The van der Waals surface area contributed by atoms with Gasteiger partial charge in [-0.3, -0.25) is 0 Å². The fourth-order valence-corrected chi connectivity index (χ4v) is 1.77. The number of hydrogen-bond acceptors (Lipinski definition) is 2. The molecule has 0 aliphatic carbocycles. The van der Waals surface area contributed by atoms with Crippen LogP contribution in [0.4, 0.5) is 22.0 Å². The molecular formula is C14H11F5O2. The fraction of sp³-hybridized carbons (Fsp3) is 0.429. The average Bonchev–Trinajstić information content (AvgIpc) is 2.37. The van der Waals surface area contributed by atoms with E-state index in [-0.39, 0.29) is 11.5 Å². The lowest BCUT2D eigenvalue weighted by molar-refractivity contribution is -0.202. The van der Waals surface area contributed by atoms with E-state index in [0.717, 1.165) is 18.1 Å². The highest BCUT2D eigenvalue weighted by molar-refractivity contribution is 5.40. The Morgan fingerprint density at radius 2 is 1.62 bits per heavy atom. The topological polar surface area (TPSA) is 18.5 Å². The zero-order chi connectivity index (χ0) is 15.6. The van der Waals surface area contributed by atoms with Crippen molar-refractivity contribution in [1.29, 1.82) is 0 Å². The van der Waals surface area contributed by atoms with Gasteiger partial charge in [-0.1, -0.05) is 12.8 Å². The van der Waals surface area contributed by atoms with Crippen molar-refractivity contribution in [1.82, 2.24) is 0 Å². The molecule has 0 aromatic heterocycles. The highest BCUT2D eigenvalue weighted by Crippen LogP contribution is 2.27. The summed E-state index contributed by atoms with van der Waals surface area (Å²) in [5.41, 5.74) is -0.866. The molecule has 0 unspecified atom stereocenters. The van der Waals surface area contributed by atoms with Gasteiger partial charge in [0.05, 0.1) is 18.8 Å². The van der Waals surface area contributed by atoms with Crippen LogP contribution in [0.2, 0.25) is 0 Å². The Hall–Kier alpha value is -1.65. The Kier molecular flexibility index (Phi) is 4.49. The average molecular weight is 306 g/mol. The van der Waals surface area contributed by atoms with Gasteiger partial charge in [0, 0.05) is 17.4 Å². The fourth-order valence-electron chi connectivity index (χ4n) is 1.77. The van der Waals surface area contributed by atoms with Gasteiger partial charge in [0.15, 0.2) is 6.29 Å². The van der Waals surface area contributed by atoms with Crippen LogP contribution in [0.25, 0.3) is 0 Å². The monoisotopic (exact) mass is 306 g/mol. The quantitative estimate of drug-likeness (QED) is 0.583. The second-order valence-electron chi connectivity index (χ2n) is 4.71. The maximum absolute atomic E-state index is 13.7. The first kappa shape index (κ1) is 15.7. The van der Waals surface area contributed by atoms with Crippen LogP contribution in [0.1, 0.15) is 24.3 Å². The summed E-state index contributed by atoms with van der Waals surface area (Å²) in [4.78, 5) is 0. The minimum atomic E-state index is -4.82. The molecule has 1 aliphatic heterocycles. The van der Waals surface area contributed by atoms with Gasteiger partial charge in [0.25, 0.3) is 0 Å². The maximum Gasteiger partial charge on any atom is 0.458 e. The number of rotatable bonds is 1. The molecule has 1 saturated heterocycles. The molecular weight excluding hydrogens is 295 g/mol. The van der Waals surface area contributed by atoms with E-state index in [9.17, 15) is 22.0 Å². The first-order valence-corrected chi connectivity index (χ1v) is 6.08. The number of ether oxygens (including phenoxy) is 2. The third-order valence-electron chi connectivity index (χ3n) is 2.73. The number of benzene rings is 1. The molecule has 0 atom stereocenters. The lowest BCUT2D eigenvalue weighted by atomic mass is 10.1. The van der Waals surface area contributed by atoms with Crippen LogP contribution in [0.3, 0.4) is 0 Å². The lowest BCUT2D eigenvalue weighted by Crippen LogP contribution is -2.25. The summed E-state index contributed by atoms with van der Waals surface area (Å²) in [6.07, 6.45) is -5.75. The molecule has 1 fully saturated rings. The van der Waals surface area contributed by atoms with Crippen molar-refractivity contribution in [3.8, 4) is 11.8 Å². The second kappa shape index (κ2) is 6.00. The molecule has 0 N–H and O–H groups in total. The van der Waals surface area contributed by atoms with Crippen LogP contribution in [0.5, 0.6) is 0 Å². The van der Waals surface area contributed by atoms with Gasteiger partial charge in [0.2, 0.25) is 0 Å². The first-order chi connectivity index (χ1) is 9.76. The molecule has 0 spiro atoms. The summed E-state index contributed by atoms with van der Waals surface area (Å²) >= 11 is 0. The molecule has 2 nitrogen and oxygen atoms in total. The van der Waals surface area contributed by atoms with Crippen LogP contribution in [0, 0.1) is 29.4 Å². The summed E-state index contributed by atoms with van der Waals surface area (Å²) in [6.45, 7) is 2.61. The van der Waals surface area contributed by atoms with Crippen molar-refractivity contribution in [2.75, 3.05) is 13.2 Å². The summed E-state index contributed by atoms with van der Waals surface area (Å²) in [5.74, 6) is 0.0691. The second-order valence-corrected chi connectivity index (χ2v) is 4.71. The van der Waals surface area contributed by atoms with E-state index in [4.69, 9.17) is 9.47 Å². The van der Waals surface area contributed by atoms with Crippen molar-refractivity contribution < 1.29 is 31.4 Å². The van der Waals surface area contributed by atoms with E-state index in [2.05, 4.69) is 0 Å². The summed E-state index contributed by atoms with van der Waals surface area (Å²) in [7, 11) is 0. The number of halogens is 5. The largest absolute Gasteiger partial charge is 0.458 e. The smallest absolute Gasteiger partial charge is 0.348 e. The molecule has 0 amide bonds. The van der Waals surface area contributed by atoms with E-state index in [1.165, 1.54) is 5.92 Å². The van der Waals surface area contributed by atoms with E-state index >= 15 is 0 Å². The highest BCUT2D eigenvalue weighted by Gasteiger charge is 2.25. The molecule has 0 bridgehead atoms. The lowest BCUT2D eigenvalue weighted by Gasteiger charge is -2.27. The summed E-state index contributed by atoms with van der Waals surface area (Å²) in [5, 5.41) is 0. The van der Waals surface area contributed by atoms with E-state index in [1.807, 2.05) is 6.92 Å². The Bertz CT molecular complexity index is 554. The zero-order valence-corrected chi connectivity index (χ0v) is 10.9. The Balaban J connectivity index is 2.26. The van der Waals surface area contributed by atoms with Crippen LogP contribution < -0.4 is 0 Å². The predicted octanol–water partition coefficient (Wildman–Crippen LogP) is 3.56. The Morgan fingerprint density at radius 3 is 2.10 bits per heavy atom. The van der Waals surface area contributed by atoms with Crippen molar-refractivity contribution >= 4 is 0 Å². The van der Waals surface area contributed by atoms with E-state index in [0.29, 0.717) is 13.2 Å². The van der Waals surface area contributed by atoms with Crippen molar-refractivity contribution in [2.24, 2.45) is 5.92 Å². The van der Waals surface area contributed by atoms with Crippen molar-refractivity contribution in [2.45, 2.75) is 19.4 Å². The Labute approximate surface area is 117 Å². The zero-order valence-electron chi connectivity index (χ0n) is 10.9. The van der Waals surface area contributed by atoms with Crippen LogP contribution in [-0.2, 0) is 9.47 Å². The van der Waals surface area contributed by atoms with Crippen LogP contribution in [-0.4, -0.2) is 19.4 Å². The standard InChI is InChI=1S/C14H11F5O2/c1-8-6-20-13(21-7-8)9-4-11(15)10(12(16)5-9)2-3-14(17,18)19/h4-5,8,13H,6-7H2,1H3. The normalized spacial score (nSPS) is 22.6. The summed E-state index contributed by atoms with van der Waals surface area (Å²) in [6, 6.07) is 1.73. The number of hydrogen-bond donors (Lipinski definition) is 0. The van der Waals surface area contributed by atoms with Gasteiger partial charge in [-0.05, 0) is 12.1 Å². The first-order valence-electron chi connectivity index (χ1n) is 6.08. The minimum Gasteiger partial charge on any atom is -0.348 e. The molecule has 0 radical (unpaired) electrons. The minimum absolute atomic E-state index is 0.0643. The molecule has 1 aromatic carbocycles. The summed E-state index contributed by atoms with van der Waals surface area (Å²) < 4.78 is 73.8. The van der Waals surface area contributed by atoms with Crippen molar-refractivity contribution in [3.05, 3.63) is 34.9 Å². The van der Waals surface area contributed by atoms with Gasteiger partial charge >= 0.3 is 6.18 Å². The molecule has 1 heterocycles. The van der Waals surface area contributed by atoms with Gasteiger partial charge in [0.1, 0.15) is 11.6 Å². The molecule has 21 heavy (non-hydrogen) atoms. The SMILES string of the molecule is CC1COC(c2cc(F)c(C#CC(F)(F)F)c(F)c2)OC1. The molecule has 2 rings (SSSR count). The number of alkyl halides is 3. The van der Waals surface area contributed by atoms with Crippen LogP contribution in [0.15, 0.2) is 12.1 Å². The third kappa shape index (κ3) is 4.16. The van der Waals surface area contributed by atoms with Gasteiger partial charge in [-0.2, -0.15) is 13.2 Å². The molecule has 1 aliphatic rings. The predicted molar refractivity (Wildman–Crippen MR) is 63.1 cm³/mol. The Morgan fingerprint density at radius 1 is 1.10 bits per heavy atom. The van der Waals surface area contributed by atoms with E-state index < -0.39 is 29.7 Å². The molecule has 1 aromatic rings. The van der Waals surface area contributed by atoms with Crippen LogP contribution >= 0.6 is 0 Å². The highest BCUT2D eigenvalue weighted by atomic mass is 19.4. The molecule has 7 heteroatoms. The molecule has 114 valence electrons. The molecule has 0 saturated carbocycles. The third-order valence-corrected chi connectivity index (χ3v) is 2.73. The maximum atomic E-state index is 13.7. The van der Waals surface area contributed by atoms with Gasteiger partial charge in [-0.15, -0.1) is 0 Å². The van der Waals surface area contributed by atoms with Gasteiger partial charge < -0.3 is 9.47 Å². The van der Waals surface area contributed by atoms with Crippen molar-refractivity contribution in [3.63, 3.8) is 0 Å².